The Morgan fingerprint density at radius 1 is 1.38 bits per heavy atom. The number of aliphatic carboxylic acids is 1. The summed E-state index contributed by atoms with van der Waals surface area (Å²) in [4.78, 5) is 10.7. The van der Waals surface area contributed by atoms with E-state index in [1.807, 2.05) is 0 Å². The number of carboxylic acids is 1. The van der Waals surface area contributed by atoms with Gasteiger partial charge in [-0.1, -0.05) is 13.3 Å². The highest BCUT2D eigenvalue weighted by molar-refractivity contribution is 7.93. The molecular weight excluding hydrogens is 192 g/mol. The third-order valence-electron chi connectivity index (χ3n) is 1.88. The van der Waals surface area contributed by atoms with Gasteiger partial charge in [-0.25, -0.2) is 8.42 Å². The fourth-order valence-electron chi connectivity index (χ4n) is 1.02. The van der Waals surface area contributed by atoms with E-state index in [2.05, 4.69) is 0 Å². The monoisotopic (exact) mass is 208 g/mol. The minimum absolute atomic E-state index is 0.190. The maximum absolute atomic E-state index is 11.5. The summed E-state index contributed by atoms with van der Waals surface area (Å²) in [6.07, 6.45) is 0.749. The van der Waals surface area contributed by atoms with E-state index in [9.17, 15) is 13.2 Å². The van der Waals surface area contributed by atoms with Gasteiger partial charge >= 0.3 is 5.97 Å². The van der Waals surface area contributed by atoms with Crippen molar-refractivity contribution in [2.45, 2.75) is 44.1 Å². The number of hydrogen-bond donors (Lipinski definition) is 1. The van der Waals surface area contributed by atoms with Crippen molar-refractivity contribution in [3.05, 3.63) is 0 Å². The van der Waals surface area contributed by atoms with Crippen molar-refractivity contribution in [2.24, 2.45) is 0 Å². The molecule has 78 valence electrons. The highest BCUT2D eigenvalue weighted by atomic mass is 32.2. The lowest BCUT2D eigenvalue weighted by Crippen LogP contribution is -2.35. The summed E-state index contributed by atoms with van der Waals surface area (Å²) >= 11 is 0. The summed E-state index contributed by atoms with van der Waals surface area (Å²) in [5, 5.41) is 6.85. The summed E-state index contributed by atoms with van der Waals surface area (Å²) in [5.74, 6) is -1.24. The number of rotatable bonds is 5. The molecule has 0 aromatic rings. The lowest BCUT2D eigenvalue weighted by Gasteiger charge is -2.14. The molecule has 0 aliphatic heterocycles. The maximum Gasteiger partial charge on any atom is 0.321 e. The second-order valence-electron chi connectivity index (χ2n) is 3.25. The van der Waals surface area contributed by atoms with E-state index < -0.39 is 26.3 Å². The summed E-state index contributed by atoms with van der Waals surface area (Å²) in [6.45, 7) is 4.77. The summed E-state index contributed by atoms with van der Waals surface area (Å²) in [6, 6.07) is 0. The molecule has 5 heteroatoms. The van der Waals surface area contributed by atoms with Gasteiger partial charge in [-0.15, -0.1) is 0 Å². The van der Waals surface area contributed by atoms with Crippen LogP contribution in [0.25, 0.3) is 0 Å². The predicted molar refractivity (Wildman–Crippen MR) is 50.4 cm³/mol. The Bertz CT molecular complexity index is 266. The SMILES string of the molecule is CCCC(C(=O)O)S(=O)(=O)C(C)C. The molecule has 0 saturated heterocycles. The second kappa shape index (κ2) is 4.60. The highest BCUT2D eigenvalue weighted by Gasteiger charge is 2.33. The van der Waals surface area contributed by atoms with E-state index in [0.717, 1.165) is 0 Å². The Hall–Kier alpha value is -0.580. The minimum atomic E-state index is -3.50. The Balaban J connectivity index is 4.85. The average Bonchev–Trinajstić information content (AvgIpc) is 1.98. The van der Waals surface area contributed by atoms with E-state index >= 15 is 0 Å². The van der Waals surface area contributed by atoms with Crippen molar-refractivity contribution in [2.75, 3.05) is 0 Å². The molecule has 0 heterocycles. The lowest BCUT2D eigenvalue weighted by molar-refractivity contribution is -0.136. The van der Waals surface area contributed by atoms with Crippen LogP contribution in [0.1, 0.15) is 33.6 Å². The largest absolute Gasteiger partial charge is 0.480 e. The van der Waals surface area contributed by atoms with Crippen LogP contribution in [0.5, 0.6) is 0 Å². The molecule has 0 amide bonds. The first-order chi connectivity index (χ1) is 5.84. The van der Waals surface area contributed by atoms with Gasteiger partial charge in [0.1, 0.15) is 0 Å². The van der Waals surface area contributed by atoms with Crippen molar-refractivity contribution in [1.29, 1.82) is 0 Å². The van der Waals surface area contributed by atoms with Crippen LogP contribution in [0.15, 0.2) is 0 Å². The molecule has 0 fully saturated rings. The van der Waals surface area contributed by atoms with Gasteiger partial charge in [0.25, 0.3) is 0 Å². The summed E-state index contributed by atoms with van der Waals surface area (Å²) in [5.41, 5.74) is 0. The molecule has 0 aromatic carbocycles. The van der Waals surface area contributed by atoms with E-state index in [4.69, 9.17) is 5.11 Å². The van der Waals surface area contributed by atoms with Crippen molar-refractivity contribution in [1.82, 2.24) is 0 Å². The van der Waals surface area contributed by atoms with Crippen LogP contribution < -0.4 is 0 Å². The van der Waals surface area contributed by atoms with E-state index in [1.165, 1.54) is 13.8 Å². The molecule has 4 nitrogen and oxygen atoms in total. The zero-order valence-electron chi connectivity index (χ0n) is 8.15. The van der Waals surface area contributed by atoms with E-state index in [-0.39, 0.29) is 6.42 Å². The molecule has 0 aliphatic rings. The molecular formula is C8H16O4S. The molecule has 0 aliphatic carbocycles. The highest BCUT2D eigenvalue weighted by Crippen LogP contribution is 2.14. The topological polar surface area (TPSA) is 71.4 Å². The first-order valence-electron chi connectivity index (χ1n) is 4.29. The molecule has 1 N–H and O–H groups in total. The smallest absolute Gasteiger partial charge is 0.321 e. The minimum Gasteiger partial charge on any atom is -0.480 e. The molecule has 13 heavy (non-hydrogen) atoms. The predicted octanol–water partition coefficient (Wildman–Crippen LogP) is 1.06. The Kier molecular flexibility index (Phi) is 4.39. The van der Waals surface area contributed by atoms with Gasteiger partial charge in [0.15, 0.2) is 15.1 Å². The third kappa shape index (κ3) is 2.99. The normalized spacial score (nSPS) is 14.5. The fraction of sp³-hybridized carbons (Fsp3) is 0.875. The Morgan fingerprint density at radius 2 is 1.85 bits per heavy atom. The Morgan fingerprint density at radius 3 is 2.08 bits per heavy atom. The van der Waals surface area contributed by atoms with Crippen LogP contribution in [0.2, 0.25) is 0 Å². The van der Waals surface area contributed by atoms with Gasteiger partial charge in [0.05, 0.1) is 5.25 Å². The summed E-state index contributed by atoms with van der Waals surface area (Å²) in [7, 11) is -3.50. The van der Waals surface area contributed by atoms with Gasteiger partial charge in [0, 0.05) is 0 Å². The maximum atomic E-state index is 11.5. The summed E-state index contributed by atoms with van der Waals surface area (Å²) < 4.78 is 23.0. The quantitative estimate of drug-likeness (QED) is 0.733. The van der Waals surface area contributed by atoms with Gasteiger partial charge in [-0.3, -0.25) is 4.79 Å². The van der Waals surface area contributed by atoms with Crippen LogP contribution in [-0.4, -0.2) is 30.0 Å². The molecule has 0 spiro atoms. The van der Waals surface area contributed by atoms with Gasteiger partial charge in [0.2, 0.25) is 0 Å². The van der Waals surface area contributed by atoms with Crippen molar-refractivity contribution >= 4 is 15.8 Å². The van der Waals surface area contributed by atoms with Crippen LogP contribution >= 0.6 is 0 Å². The Labute approximate surface area is 78.9 Å². The number of carboxylic acid groups (broad SMARTS) is 1. The molecule has 0 saturated carbocycles. The standard InChI is InChI=1S/C8H16O4S/c1-4-5-7(8(9)10)13(11,12)6(2)3/h6-7H,4-5H2,1-3H3,(H,9,10). The van der Waals surface area contributed by atoms with Crippen LogP contribution in [0, 0.1) is 0 Å². The molecule has 1 unspecified atom stereocenters. The fourth-order valence-corrected chi connectivity index (χ4v) is 2.52. The van der Waals surface area contributed by atoms with Crippen molar-refractivity contribution < 1.29 is 18.3 Å². The molecule has 1 atom stereocenters. The zero-order valence-corrected chi connectivity index (χ0v) is 8.97. The third-order valence-corrected chi connectivity index (χ3v) is 4.42. The first-order valence-corrected chi connectivity index (χ1v) is 5.90. The van der Waals surface area contributed by atoms with Gasteiger partial charge in [-0.2, -0.15) is 0 Å². The number of sulfone groups is 1. The zero-order chi connectivity index (χ0) is 10.6. The van der Waals surface area contributed by atoms with E-state index in [1.54, 1.807) is 6.92 Å². The molecule has 0 rings (SSSR count). The van der Waals surface area contributed by atoms with Crippen LogP contribution in [-0.2, 0) is 14.6 Å². The van der Waals surface area contributed by atoms with Gasteiger partial charge < -0.3 is 5.11 Å². The average molecular weight is 208 g/mol. The second-order valence-corrected chi connectivity index (χ2v) is 5.94. The number of carbonyl (C=O) groups is 1. The number of hydrogen-bond acceptors (Lipinski definition) is 3. The van der Waals surface area contributed by atoms with E-state index in [0.29, 0.717) is 6.42 Å². The van der Waals surface area contributed by atoms with Gasteiger partial charge in [-0.05, 0) is 20.3 Å². The first kappa shape index (κ1) is 12.4. The van der Waals surface area contributed by atoms with Crippen molar-refractivity contribution in [3.63, 3.8) is 0 Å². The molecule has 0 aromatic heterocycles. The molecule has 0 radical (unpaired) electrons. The van der Waals surface area contributed by atoms with Crippen LogP contribution in [0.4, 0.5) is 0 Å². The molecule has 0 bridgehead atoms. The van der Waals surface area contributed by atoms with Crippen LogP contribution in [0.3, 0.4) is 0 Å². The lowest BCUT2D eigenvalue weighted by atomic mass is 10.2. The van der Waals surface area contributed by atoms with Crippen molar-refractivity contribution in [3.8, 4) is 0 Å².